The molecule has 2 aliphatic heterocycles. The van der Waals surface area contributed by atoms with E-state index in [0.29, 0.717) is 6.42 Å². The van der Waals surface area contributed by atoms with Gasteiger partial charge in [-0.2, -0.15) is 0 Å². The van der Waals surface area contributed by atoms with Crippen molar-refractivity contribution in [3.8, 4) is 0 Å². The maximum absolute atomic E-state index is 12.5. The first-order chi connectivity index (χ1) is 25.0. The van der Waals surface area contributed by atoms with Crippen LogP contribution in [0.2, 0.25) is 0 Å². The number of carbonyl (C=O) groups is 2. The second-order valence-electron chi connectivity index (χ2n) is 12.0. The normalized spacial score (nSPS) is 29.2. The van der Waals surface area contributed by atoms with Crippen LogP contribution in [0.5, 0.6) is 0 Å². The van der Waals surface area contributed by atoms with Gasteiger partial charge in [0.25, 0.3) is 5.56 Å². The van der Waals surface area contributed by atoms with E-state index in [2.05, 4.69) is 28.0 Å². The lowest BCUT2D eigenvalue weighted by Gasteiger charge is -2.41. The third-order valence-electron chi connectivity index (χ3n) is 8.07. The quantitative estimate of drug-likeness (QED) is 0.0717. The van der Waals surface area contributed by atoms with Crippen LogP contribution >= 0.6 is 0 Å². The van der Waals surface area contributed by atoms with E-state index in [1.165, 1.54) is 36.3 Å². The molecular formula is C36H46N4O12. The predicted molar refractivity (Wildman–Crippen MR) is 186 cm³/mol. The second-order valence-corrected chi connectivity index (χ2v) is 12.0. The Labute approximate surface area is 300 Å². The predicted octanol–water partition coefficient (Wildman–Crippen LogP) is 1.59. The van der Waals surface area contributed by atoms with Crippen LogP contribution in [0.1, 0.15) is 46.3 Å². The average Bonchev–Trinajstić information content (AvgIpc) is 3.69. The Morgan fingerprint density at radius 2 is 1.65 bits per heavy atom. The van der Waals surface area contributed by atoms with Crippen LogP contribution in [0.25, 0.3) is 11.2 Å². The minimum absolute atomic E-state index is 0.00385. The zero-order chi connectivity index (χ0) is 37.6. The van der Waals surface area contributed by atoms with Crippen molar-refractivity contribution in [1.29, 1.82) is 0 Å². The molecule has 10 atom stereocenters. The molecule has 16 nitrogen and oxygen atoms in total. The van der Waals surface area contributed by atoms with Gasteiger partial charge in [-0.15, -0.1) is 0 Å². The Morgan fingerprint density at radius 3 is 2.37 bits per heavy atom. The van der Waals surface area contributed by atoms with Crippen molar-refractivity contribution in [1.82, 2.24) is 19.5 Å². The summed E-state index contributed by atoms with van der Waals surface area (Å²) in [5, 5.41) is 42.4. The van der Waals surface area contributed by atoms with Crippen molar-refractivity contribution in [2.75, 3.05) is 6.61 Å². The number of aliphatic hydroxyl groups excluding tert-OH is 4. The molecule has 282 valence electrons. The van der Waals surface area contributed by atoms with Crippen LogP contribution in [0.15, 0.2) is 90.4 Å². The first-order valence-corrected chi connectivity index (χ1v) is 17.0. The van der Waals surface area contributed by atoms with Gasteiger partial charge in [-0.05, 0) is 39.2 Å². The number of aromatic amines is 1. The number of nitrogens with zero attached hydrogens (tertiary/aromatic N) is 3. The minimum Gasteiger partial charge on any atom is -0.455 e. The largest absolute Gasteiger partial charge is 0.455 e. The first kappa shape index (κ1) is 40.2. The summed E-state index contributed by atoms with van der Waals surface area (Å²) >= 11 is 0. The summed E-state index contributed by atoms with van der Waals surface area (Å²) in [5.74, 6) is -1.25. The molecule has 4 heterocycles. The molecule has 2 saturated heterocycles. The van der Waals surface area contributed by atoms with Crippen LogP contribution in [-0.2, 0) is 33.3 Å². The van der Waals surface area contributed by atoms with Crippen molar-refractivity contribution < 1.29 is 53.7 Å². The van der Waals surface area contributed by atoms with E-state index in [4.69, 9.17) is 23.7 Å². The van der Waals surface area contributed by atoms with Gasteiger partial charge >= 0.3 is 11.9 Å². The Balaban J connectivity index is 1.24. The Kier molecular flexibility index (Phi) is 15.4. The third kappa shape index (κ3) is 10.7. The molecule has 2 aliphatic rings. The van der Waals surface area contributed by atoms with Gasteiger partial charge in [0, 0.05) is 12.2 Å². The van der Waals surface area contributed by atoms with Gasteiger partial charge in [0.1, 0.15) is 36.6 Å². The number of aliphatic hydroxyl groups is 4. The summed E-state index contributed by atoms with van der Waals surface area (Å²) in [6, 6.07) is 0. The molecule has 0 radical (unpaired) electrons. The highest BCUT2D eigenvalue weighted by Gasteiger charge is 2.51. The number of imidazole rings is 1. The van der Waals surface area contributed by atoms with Crippen LogP contribution in [0, 0.1) is 0 Å². The molecule has 0 saturated carbocycles. The van der Waals surface area contributed by atoms with E-state index >= 15 is 0 Å². The molecule has 0 aliphatic carbocycles. The van der Waals surface area contributed by atoms with E-state index in [0.717, 1.165) is 18.9 Å². The van der Waals surface area contributed by atoms with Crippen molar-refractivity contribution >= 4 is 23.1 Å². The lowest BCUT2D eigenvalue weighted by Crippen LogP contribution is -2.59. The fourth-order valence-corrected chi connectivity index (χ4v) is 5.43. The lowest BCUT2D eigenvalue weighted by molar-refractivity contribution is -0.314. The standard InChI is InChI=1S/C36H46N4O12/c1-4-5-6-7-8-11-14-17-25(42)48-22(2)16-13-10-9-12-15-18-26(43)51-31-23(3)49-36(30(46)29(31)45)52-32-28(44)24(19-41)50-35(32)40-21-39-27-33(40)37-20-38-34(27)47/h5-6,8-9,11-18,20-24,28-32,35-36,41,44-46H,4,7,10,19H2,1-3H3,(H,37,38,47)/b6-5-,11-8+,12-9+,16-13-,17-14+,18-15+/t22?,23-,24+,28+,29-,30-,31+,32+,35+,36-/m0/s1. The fraction of sp³-hybridized carbons (Fsp3) is 0.472. The maximum Gasteiger partial charge on any atom is 0.331 e. The van der Waals surface area contributed by atoms with Crippen LogP contribution < -0.4 is 5.56 Å². The van der Waals surface area contributed by atoms with Gasteiger partial charge in [0.15, 0.2) is 29.8 Å². The van der Waals surface area contributed by atoms with Crippen LogP contribution in [0.4, 0.5) is 0 Å². The molecule has 4 rings (SSSR count). The van der Waals surface area contributed by atoms with E-state index in [9.17, 15) is 34.8 Å². The average molecular weight is 727 g/mol. The number of ether oxygens (including phenoxy) is 5. The number of hydrogen-bond acceptors (Lipinski definition) is 14. The molecule has 5 N–H and O–H groups in total. The lowest BCUT2D eigenvalue weighted by atomic mass is 9.99. The molecule has 52 heavy (non-hydrogen) atoms. The Morgan fingerprint density at radius 1 is 0.942 bits per heavy atom. The van der Waals surface area contributed by atoms with Crippen molar-refractivity contribution in [2.24, 2.45) is 0 Å². The molecule has 0 spiro atoms. The summed E-state index contributed by atoms with van der Waals surface area (Å²) in [7, 11) is 0. The molecule has 1 unspecified atom stereocenters. The first-order valence-electron chi connectivity index (χ1n) is 17.0. The molecule has 0 amide bonds. The zero-order valence-electron chi connectivity index (χ0n) is 29.1. The SMILES string of the molecule is CC/C=C\C/C=C/C=C/C(=O)OC(C)/C=C\C/C=C/C=C/C(=O)O[C@H]1[C@@H](O)[C@H](O)[C@H](O[C@@H]2[C@H](O)[C@@H](CO)O[C@H]2n2cnc3c(=O)[nH]cnc32)O[C@H]1C. The fourth-order valence-electron chi connectivity index (χ4n) is 5.43. The van der Waals surface area contributed by atoms with Gasteiger partial charge in [-0.3, -0.25) is 9.36 Å². The highest BCUT2D eigenvalue weighted by Crippen LogP contribution is 2.36. The third-order valence-corrected chi connectivity index (χ3v) is 8.07. The number of carbonyl (C=O) groups excluding carboxylic acids is 2. The molecule has 2 fully saturated rings. The Hall–Kier alpha value is -4.55. The molecular weight excluding hydrogens is 680 g/mol. The highest BCUT2D eigenvalue weighted by atomic mass is 16.7. The number of allylic oxidation sites excluding steroid dienone is 9. The van der Waals surface area contributed by atoms with E-state index in [1.807, 2.05) is 12.2 Å². The van der Waals surface area contributed by atoms with E-state index < -0.39 is 85.5 Å². The van der Waals surface area contributed by atoms with Crippen molar-refractivity contribution in [3.63, 3.8) is 0 Å². The zero-order valence-corrected chi connectivity index (χ0v) is 29.1. The van der Waals surface area contributed by atoms with Gasteiger partial charge in [0.2, 0.25) is 0 Å². The summed E-state index contributed by atoms with van der Waals surface area (Å²) in [4.78, 5) is 47.1. The van der Waals surface area contributed by atoms with E-state index in [1.54, 1.807) is 43.4 Å². The van der Waals surface area contributed by atoms with Crippen LogP contribution in [0.3, 0.4) is 0 Å². The summed E-state index contributed by atoms with van der Waals surface area (Å²) in [6.07, 6.45) is 12.6. The number of rotatable bonds is 16. The topological polar surface area (TPSA) is 225 Å². The smallest absolute Gasteiger partial charge is 0.331 e. The Bertz CT molecular complexity index is 1710. The summed E-state index contributed by atoms with van der Waals surface area (Å²) < 4.78 is 29.5. The van der Waals surface area contributed by atoms with Crippen molar-refractivity contribution in [2.45, 2.75) is 101 Å². The van der Waals surface area contributed by atoms with E-state index in [-0.39, 0.29) is 11.2 Å². The van der Waals surface area contributed by atoms with Crippen LogP contribution in [-0.4, -0.2) is 114 Å². The number of nitrogens with one attached hydrogen (secondary N) is 1. The molecule has 0 bridgehead atoms. The number of fused-ring (bicyclic) bond motifs is 1. The van der Waals surface area contributed by atoms with Gasteiger partial charge in [-0.1, -0.05) is 61.6 Å². The highest BCUT2D eigenvalue weighted by molar-refractivity contribution is 5.83. The number of H-pyrrole nitrogens is 1. The monoisotopic (exact) mass is 726 g/mol. The maximum atomic E-state index is 12.5. The van der Waals surface area contributed by atoms with Crippen molar-refractivity contribution in [3.05, 3.63) is 95.9 Å². The van der Waals surface area contributed by atoms with Gasteiger partial charge < -0.3 is 49.1 Å². The summed E-state index contributed by atoms with van der Waals surface area (Å²) in [5.41, 5.74) is -0.381. The summed E-state index contributed by atoms with van der Waals surface area (Å²) in [6.45, 7) is 4.73. The molecule has 2 aromatic rings. The molecule has 16 heteroatoms. The number of aromatic nitrogens is 4. The number of hydrogen-bond donors (Lipinski definition) is 5. The number of esters is 2. The van der Waals surface area contributed by atoms with Gasteiger partial charge in [0.05, 0.1) is 25.4 Å². The molecule has 0 aromatic carbocycles. The molecule has 2 aromatic heterocycles. The van der Waals surface area contributed by atoms with Gasteiger partial charge in [-0.25, -0.2) is 19.6 Å². The second kappa shape index (κ2) is 19.9. The minimum atomic E-state index is -1.72.